The first-order chi connectivity index (χ1) is 10.1. The van der Waals surface area contributed by atoms with Gasteiger partial charge in [-0.3, -0.25) is 14.3 Å². The van der Waals surface area contributed by atoms with Crippen molar-refractivity contribution in [3.05, 3.63) is 17.5 Å². The largest absolute Gasteiger partial charge is 0.481 e. The third-order valence-corrected chi connectivity index (χ3v) is 4.84. The van der Waals surface area contributed by atoms with Crippen molar-refractivity contribution in [2.24, 2.45) is 18.9 Å². The number of hydrogen-bond donors (Lipinski definition) is 2. The van der Waals surface area contributed by atoms with E-state index in [9.17, 15) is 9.59 Å². The van der Waals surface area contributed by atoms with E-state index in [0.717, 1.165) is 24.8 Å². The van der Waals surface area contributed by atoms with Crippen molar-refractivity contribution in [2.45, 2.75) is 44.6 Å². The Kier molecular flexibility index (Phi) is 3.69. The molecule has 0 saturated heterocycles. The quantitative estimate of drug-likeness (QED) is 0.882. The number of carboxylic acids is 1. The number of rotatable bonds is 3. The van der Waals surface area contributed by atoms with E-state index in [4.69, 9.17) is 5.11 Å². The maximum absolute atomic E-state index is 12.4. The standard InChI is InChI=1S/C15H21N3O3/c1-18-13-4-2-3-12(11(13)8-16-18)17-14(19)9-5-6-10(7-9)15(20)21/h8-10,12H,2-7H2,1H3,(H,17,19)(H,20,21)/t9-,10+,12?/m1/s1. The summed E-state index contributed by atoms with van der Waals surface area (Å²) in [4.78, 5) is 23.4. The van der Waals surface area contributed by atoms with Gasteiger partial charge in [-0.15, -0.1) is 0 Å². The van der Waals surface area contributed by atoms with E-state index in [2.05, 4.69) is 10.4 Å². The zero-order valence-electron chi connectivity index (χ0n) is 12.2. The summed E-state index contributed by atoms with van der Waals surface area (Å²) in [5.74, 6) is -1.30. The van der Waals surface area contributed by atoms with Gasteiger partial charge in [0, 0.05) is 24.2 Å². The summed E-state index contributed by atoms with van der Waals surface area (Å²) >= 11 is 0. The molecule has 1 heterocycles. The summed E-state index contributed by atoms with van der Waals surface area (Å²) in [5, 5.41) is 16.4. The van der Waals surface area contributed by atoms with E-state index < -0.39 is 5.97 Å². The molecular formula is C15H21N3O3. The van der Waals surface area contributed by atoms with Crippen LogP contribution in [0, 0.1) is 11.8 Å². The molecule has 2 aliphatic rings. The first-order valence-corrected chi connectivity index (χ1v) is 7.60. The zero-order chi connectivity index (χ0) is 15.0. The second-order valence-electron chi connectivity index (χ2n) is 6.17. The van der Waals surface area contributed by atoms with E-state index in [1.54, 1.807) is 0 Å². The number of hydrogen-bond acceptors (Lipinski definition) is 3. The monoisotopic (exact) mass is 291 g/mol. The van der Waals surface area contributed by atoms with Crippen molar-refractivity contribution in [1.82, 2.24) is 15.1 Å². The van der Waals surface area contributed by atoms with Crippen LogP contribution in [-0.4, -0.2) is 26.8 Å². The molecule has 1 saturated carbocycles. The Balaban J connectivity index is 1.65. The van der Waals surface area contributed by atoms with E-state index in [1.807, 2.05) is 17.9 Å². The molecule has 3 atom stereocenters. The van der Waals surface area contributed by atoms with Crippen molar-refractivity contribution in [1.29, 1.82) is 0 Å². The van der Waals surface area contributed by atoms with Gasteiger partial charge in [0.05, 0.1) is 18.2 Å². The van der Waals surface area contributed by atoms with Crippen LogP contribution in [-0.2, 0) is 23.1 Å². The molecule has 3 rings (SSSR count). The van der Waals surface area contributed by atoms with Gasteiger partial charge in [-0.05, 0) is 38.5 Å². The van der Waals surface area contributed by atoms with Crippen LogP contribution >= 0.6 is 0 Å². The van der Waals surface area contributed by atoms with Gasteiger partial charge in [0.25, 0.3) is 0 Å². The van der Waals surface area contributed by atoms with E-state index >= 15 is 0 Å². The highest BCUT2D eigenvalue weighted by Gasteiger charge is 2.35. The molecule has 6 nitrogen and oxygen atoms in total. The predicted molar refractivity (Wildman–Crippen MR) is 75.5 cm³/mol. The van der Waals surface area contributed by atoms with Crippen molar-refractivity contribution in [2.75, 3.05) is 0 Å². The normalized spacial score (nSPS) is 28.1. The Morgan fingerprint density at radius 3 is 2.81 bits per heavy atom. The molecule has 0 aliphatic heterocycles. The molecular weight excluding hydrogens is 270 g/mol. The van der Waals surface area contributed by atoms with Crippen LogP contribution in [0.25, 0.3) is 0 Å². The highest BCUT2D eigenvalue weighted by atomic mass is 16.4. The minimum Gasteiger partial charge on any atom is -0.481 e. The first kappa shape index (κ1) is 14.1. The molecule has 1 aromatic heterocycles. The molecule has 0 aromatic carbocycles. The number of aliphatic carboxylic acids is 1. The third kappa shape index (κ3) is 2.66. The fraction of sp³-hybridized carbons (Fsp3) is 0.667. The fourth-order valence-corrected chi connectivity index (χ4v) is 3.59. The summed E-state index contributed by atoms with van der Waals surface area (Å²) < 4.78 is 1.88. The lowest BCUT2D eigenvalue weighted by atomic mass is 9.92. The van der Waals surface area contributed by atoms with Crippen LogP contribution in [0.5, 0.6) is 0 Å². The molecule has 2 N–H and O–H groups in total. The smallest absolute Gasteiger partial charge is 0.306 e. The van der Waals surface area contributed by atoms with Crippen LogP contribution in [0.15, 0.2) is 6.20 Å². The molecule has 21 heavy (non-hydrogen) atoms. The number of nitrogens with zero attached hydrogens (tertiary/aromatic N) is 2. The van der Waals surface area contributed by atoms with Gasteiger partial charge in [-0.1, -0.05) is 0 Å². The maximum atomic E-state index is 12.4. The van der Waals surface area contributed by atoms with Gasteiger partial charge in [0.1, 0.15) is 0 Å². The van der Waals surface area contributed by atoms with Gasteiger partial charge in [0.2, 0.25) is 5.91 Å². The van der Waals surface area contributed by atoms with Crippen LogP contribution in [0.2, 0.25) is 0 Å². The minimum atomic E-state index is -0.780. The predicted octanol–water partition coefficient (Wildman–Crippen LogP) is 1.41. The van der Waals surface area contributed by atoms with Crippen LogP contribution in [0.4, 0.5) is 0 Å². The lowest BCUT2D eigenvalue weighted by Crippen LogP contribution is -2.35. The van der Waals surface area contributed by atoms with Crippen molar-refractivity contribution in [3.63, 3.8) is 0 Å². The van der Waals surface area contributed by atoms with E-state index in [-0.39, 0.29) is 23.8 Å². The number of nitrogens with one attached hydrogen (secondary N) is 1. The molecule has 2 aliphatic carbocycles. The number of carboxylic acid groups (broad SMARTS) is 1. The molecule has 0 radical (unpaired) electrons. The van der Waals surface area contributed by atoms with Crippen molar-refractivity contribution in [3.8, 4) is 0 Å². The number of aryl methyl sites for hydroxylation is 1. The molecule has 0 spiro atoms. The number of aromatic nitrogens is 2. The molecule has 6 heteroatoms. The highest BCUT2D eigenvalue weighted by molar-refractivity contribution is 5.81. The summed E-state index contributed by atoms with van der Waals surface area (Å²) in [6.45, 7) is 0. The van der Waals surface area contributed by atoms with Crippen LogP contribution in [0.3, 0.4) is 0 Å². The van der Waals surface area contributed by atoms with E-state index in [0.29, 0.717) is 19.3 Å². The Morgan fingerprint density at radius 2 is 2.10 bits per heavy atom. The Labute approximate surface area is 123 Å². The summed E-state index contributed by atoms with van der Waals surface area (Å²) in [6, 6.07) is 0.0267. The maximum Gasteiger partial charge on any atom is 0.306 e. The Bertz CT molecular complexity index is 567. The van der Waals surface area contributed by atoms with Gasteiger partial charge in [0.15, 0.2) is 0 Å². The SMILES string of the molecule is Cn1ncc2c1CCCC2NC(=O)[C@@H]1CC[C@H](C(=O)O)C1. The van der Waals surface area contributed by atoms with Gasteiger partial charge in [-0.2, -0.15) is 5.10 Å². The second kappa shape index (κ2) is 5.50. The third-order valence-electron chi connectivity index (χ3n) is 4.84. The van der Waals surface area contributed by atoms with Crippen molar-refractivity contribution >= 4 is 11.9 Å². The number of carbonyl (C=O) groups is 2. The summed E-state index contributed by atoms with van der Waals surface area (Å²) in [6.07, 6.45) is 6.57. The Morgan fingerprint density at radius 1 is 1.33 bits per heavy atom. The second-order valence-corrected chi connectivity index (χ2v) is 6.17. The highest BCUT2D eigenvalue weighted by Crippen LogP contribution is 2.33. The summed E-state index contributed by atoms with van der Waals surface area (Å²) in [5.41, 5.74) is 2.31. The topological polar surface area (TPSA) is 84.2 Å². The molecule has 1 amide bonds. The number of carbonyl (C=O) groups excluding carboxylic acids is 1. The average Bonchev–Trinajstić information content (AvgIpc) is 3.07. The minimum absolute atomic E-state index is 0.000420. The lowest BCUT2D eigenvalue weighted by molar-refractivity contribution is -0.141. The lowest BCUT2D eigenvalue weighted by Gasteiger charge is -2.25. The molecule has 1 fully saturated rings. The fourth-order valence-electron chi connectivity index (χ4n) is 3.59. The van der Waals surface area contributed by atoms with Gasteiger partial charge >= 0.3 is 5.97 Å². The average molecular weight is 291 g/mol. The molecule has 114 valence electrons. The summed E-state index contributed by atoms with van der Waals surface area (Å²) in [7, 11) is 1.93. The van der Waals surface area contributed by atoms with Gasteiger partial charge < -0.3 is 10.4 Å². The zero-order valence-corrected chi connectivity index (χ0v) is 12.2. The van der Waals surface area contributed by atoms with Crippen LogP contribution < -0.4 is 5.32 Å². The first-order valence-electron chi connectivity index (χ1n) is 7.60. The van der Waals surface area contributed by atoms with Crippen molar-refractivity contribution < 1.29 is 14.7 Å². The number of fused-ring (bicyclic) bond motifs is 1. The Hall–Kier alpha value is -1.85. The van der Waals surface area contributed by atoms with Gasteiger partial charge in [-0.25, -0.2) is 0 Å². The van der Waals surface area contributed by atoms with E-state index in [1.165, 1.54) is 5.69 Å². The molecule has 1 unspecified atom stereocenters. The molecule has 1 aromatic rings. The molecule has 0 bridgehead atoms. The van der Waals surface area contributed by atoms with Crippen LogP contribution in [0.1, 0.15) is 49.4 Å². The number of amides is 1.